The fourth-order valence-electron chi connectivity index (χ4n) is 2.75. The van der Waals surface area contributed by atoms with Crippen molar-refractivity contribution in [1.82, 2.24) is 5.32 Å². The Kier molecular flexibility index (Phi) is 3.40. The summed E-state index contributed by atoms with van der Waals surface area (Å²) < 4.78 is 26.4. The van der Waals surface area contributed by atoms with Crippen LogP contribution in [0.2, 0.25) is 0 Å². The smallest absolute Gasteiger partial charge is 0.130 e. The number of phenols is 1. The molecule has 1 aliphatic carbocycles. The summed E-state index contributed by atoms with van der Waals surface area (Å²) >= 11 is 0. The van der Waals surface area contributed by atoms with Crippen LogP contribution in [0.5, 0.6) is 5.75 Å². The van der Waals surface area contributed by atoms with E-state index in [1.165, 1.54) is 12.1 Å². The summed E-state index contributed by atoms with van der Waals surface area (Å²) in [5, 5.41) is 13.0. The van der Waals surface area contributed by atoms with E-state index in [-0.39, 0.29) is 6.04 Å². The van der Waals surface area contributed by atoms with Gasteiger partial charge in [0.25, 0.3) is 0 Å². The summed E-state index contributed by atoms with van der Waals surface area (Å²) in [6.07, 6.45) is 1.68. The van der Waals surface area contributed by atoms with Crippen molar-refractivity contribution in [3.05, 3.63) is 64.7 Å². The second-order valence-electron chi connectivity index (χ2n) is 5.05. The van der Waals surface area contributed by atoms with Crippen LogP contribution in [0, 0.1) is 11.6 Å². The predicted octanol–water partition coefficient (Wildman–Crippen LogP) is 3.45. The van der Waals surface area contributed by atoms with Crippen molar-refractivity contribution in [2.45, 2.75) is 25.4 Å². The highest BCUT2D eigenvalue weighted by molar-refractivity contribution is 5.44. The fourth-order valence-corrected chi connectivity index (χ4v) is 2.75. The van der Waals surface area contributed by atoms with Gasteiger partial charge in [-0.05, 0) is 36.1 Å². The van der Waals surface area contributed by atoms with E-state index >= 15 is 0 Å². The van der Waals surface area contributed by atoms with Crippen molar-refractivity contribution in [2.75, 3.05) is 0 Å². The zero-order valence-electron chi connectivity index (χ0n) is 10.9. The number of aromatic hydroxyl groups is 1. The van der Waals surface area contributed by atoms with Gasteiger partial charge in [0.05, 0.1) is 0 Å². The Morgan fingerprint density at radius 2 is 2.05 bits per heavy atom. The van der Waals surface area contributed by atoms with Gasteiger partial charge in [-0.15, -0.1) is 0 Å². The molecule has 0 bridgehead atoms. The molecule has 0 spiro atoms. The largest absolute Gasteiger partial charge is 0.508 e. The van der Waals surface area contributed by atoms with Gasteiger partial charge in [-0.3, -0.25) is 0 Å². The van der Waals surface area contributed by atoms with Crippen LogP contribution in [-0.2, 0) is 13.0 Å². The normalized spacial score (nSPS) is 17.2. The minimum atomic E-state index is -0.567. The van der Waals surface area contributed by atoms with E-state index in [4.69, 9.17) is 0 Å². The summed E-state index contributed by atoms with van der Waals surface area (Å²) in [7, 11) is 0. The Morgan fingerprint density at radius 3 is 2.85 bits per heavy atom. The second kappa shape index (κ2) is 5.21. The van der Waals surface area contributed by atoms with E-state index in [2.05, 4.69) is 5.32 Å². The average Bonchev–Trinajstić information content (AvgIpc) is 2.83. The molecule has 1 unspecified atom stereocenters. The van der Waals surface area contributed by atoms with Crippen molar-refractivity contribution in [1.29, 1.82) is 0 Å². The topological polar surface area (TPSA) is 32.3 Å². The lowest BCUT2D eigenvalue weighted by Crippen LogP contribution is -2.19. The number of hydrogen-bond acceptors (Lipinski definition) is 2. The standard InChI is InChI=1S/C16H15F2NO/c17-11-5-4-10(14(18)8-11)9-19-15-7-6-13-12(15)2-1-3-16(13)20/h1-5,8,15,19-20H,6-7,9H2. The Hall–Kier alpha value is -1.94. The summed E-state index contributed by atoms with van der Waals surface area (Å²) in [5.41, 5.74) is 2.47. The van der Waals surface area contributed by atoms with Crippen LogP contribution in [0.3, 0.4) is 0 Å². The lowest BCUT2D eigenvalue weighted by atomic mass is 10.1. The molecular formula is C16H15F2NO. The van der Waals surface area contributed by atoms with Gasteiger partial charge in [-0.1, -0.05) is 18.2 Å². The highest BCUT2D eigenvalue weighted by atomic mass is 19.1. The van der Waals surface area contributed by atoms with E-state index in [1.54, 1.807) is 6.07 Å². The molecule has 0 aromatic heterocycles. The van der Waals surface area contributed by atoms with Gasteiger partial charge in [-0.25, -0.2) is 8.78 Å². The molecule has 4 heteroatoms. The fraction of sp³-hybridized carbons (Fsp3) is 0.250. The molecule has 0 heterocycles. The molecule has 2 aromatic rings. The summed E-state index contributed by atoms with van der Waals surface area (Å²) in [6.45, 7) is 0.339. The number of benzene rings is 2. The van der Waals surface area contributed by atoms with Crippen molar-refractivity contribution in [2.24, 2.45) is 0 Å². The molecule has 2 nitrogen and oxygen atoms in total. The molecule has 0 aliphatic heterocycles. The van der Waals surface area contributed by atoms with Crippen LogP contribution in [0.15, 0.2) is 36.4 Å². The zero-order valence-corrected chi connectivity index (χ0v) is 10.9. The predicted molar refractivity (Wildman–Crippen MR) is 72.4 cm³/mol. The van der Waals surface area contributed by atoms with E-state index in [1.807, 2.05) is 12.1 Å². The SMILES string of the molecule is Oc1cccc2c1CCC2NCc1ccc(F)cc1F. The molecule has 104 valence electrons. The zero-order chi connectivity index (χ0) is 14.1. The first-order valence-electron chi connectivity index (χ1n) is 6.63. The summed E-state index contributed by atoms with van der Waals surface area (Å²) in [4.78, 5) is 0. The number of phenolic OH excluding ortho intramolecular Hbond substituents is 1. The van der Waals surface area contributed by atoms with E-state index < -0.39 is 11.6 Å². The number of halogens is 2. The quantitative estimate of drug-likeness (QED) is 0.899. The number of rotatable bonds is 3. The molecule has 20 heavy (non-hydrogen) atoms. The molecule has 1 aliphatic rings. The van der Waals surface area contributed by atoms with Crippen LogP contribution < -0.4 is 5.32 Å². The first-order chi connectivity index (χ1) is 9.65. The molecule has 0 saturated heterocycles. The summed E-state index contributed by atoms with van der Waals surface area (Å²) in [5.74, 6) is -0.784. The third-order valence-corrected chi connectivity index (χ3v) is 3.80. The van der Waals surface area contributed by atoms with Crippen LogP contribution in [0.25, 0.3) is 0 Å². The molecule has 0 saturated carbocycles. The van der Waals surface area contributed by atoms with Crippen LogP contribution >= 0.6 is 0 Å². The molecule has 0 fully saturated rings. The van der Waals surface area contributed by atoms with Crippen molar-refractivity contribution < 1.29 is 13.9 Å². The molecule has 1 atom stereocenters. The number of fused-ring (bicyclic) bond motifs is 1. The lowest BCUT2D eigenvalue weighted by molar-refractivity contribution is 0.469. The van der Waals surface area contributed by atoms with Crippen molar-refractivity contribution in [3.63, 3.8) is 0 Å². The van der Waals surface area contributed by atoms with E-state index in [0.717, 1.165) is 30.0 Å². The van der Waals surface area contributed by atoms with Gasteiger partial charge < -0.3 is 10.4 Å². The lowest BCUT2D eigenvalue weighted by Gasteiger charge is -2.14. The van der Waals surface area contributed by atoms with Gasteiger partial charge in [0.2, 0.25) is 0 Å². The molecule has 2 N–H and O–H groups in total. The average molecular weight is 275 g/mol. The minimum Gasteiger partial charge on any atom is -0.508 e. The third-order valence-electron chi connectivity index (χ3n) is 3.80. The maximum Gasteiger partial charge on any atom is 0.130 e. The highest BCUT2D eigenvalue weighted by Gasteiger charge is 2.24. The van der Waals surface area contributed by atoms with Crippen LogP contribution in [0.1, 0.15) is 29.2 Å². The molecule has 3 rings (SSSR count). The number of hydrogen-bond donors (Lipinski definition) is 2. The van der Waals surface area contributed by atoms with Crippen molar-refractivity contribution >= 4 is 0 Å². The Morgan fingerprint density at radius 1 is 1.20 bits per heavy atom. The minimum absolute atomic E-state index is 0.0987. The Balaban J connectivity index is 1.73. The second-order valence-corrected chi connectivity index (χ2v) is 5.05. The number of nitrogens with one attached hydrogen (secondary N) is 1. The van der Waals surface area contributed by atoms with Gasteiger partial charge in [0, 0.05) is 24.2 Å². The third kappa shape index (κ3) is 2.39. The highest BCUT2D eigenvalue weighted by Crippen LogP contribution is 2.36. The maximum atomic E-state index is 13.6. The van der Waals surface area contributed by atoms with Crippen LogP contribution in [0.4, 0.5) is 8.78 Å². The van der Waals surface area contributed by atoms with Gasteiger partial charge in [0.1, 0.15) is 17.4 Å². The monoisotopic (exact) mass is 275 g/mol. The molecule has 2 aromatic carbocycles. The van der Waals surface area contributed by atoms with Gasteiger partial charge in [-0.2, -0.15) is 0 Å². The van der Waals surface area contributed by atoms with Gasteiger partial charge >= 0.3 is 0 Å². The first kappa shape index (κ1) is 13.1. The van der Waals surface area contributed by atoms with Crippen molar-refractivity contribution in [3.8, 4) is 5.75 Å². The molecule has 0 radical (unpaired) electrons. The summed E-state index contributed by atoms with van der Waals surface area (Å²) in [6, 6.07) is 9.17. The van der Waals surface area contributed by atoms with E-state index in [0.29, 0.717) is 17.9 Å². The maximum absolute atomic E-state index is 13.6. The van der Waals surface area contributed by atoms with Crippen LogP contribution in [-0.4, -0.2) is 5.11 Å². The van der Waals surface area contributed by atoms with E-state index in [9.17, 15) is 13.9 Å². The van der Waals surface area contributed by atoms with Gasteiger partial charge in [0.15, 0.2) is 0 Å². The molecule has 0 amide bonds. The Bertz CT molecular complexity index is 642. The molecular weight excluding hydrogens is 260 g/mol. The Labute approximate surface area is 116 Å². The first-order valence-corrected chi connectivity index (χ1v) is 6.63.